The second-order valence-corrected chi connectivity index (χ2v) is 8.02. The number of hydrogen-bond donors (Lipinski definition) is 1. The number of carbonyl (C=O) groups excluding carboxylic acids is 4. The van der Waals surface area contributed by atoms with Crippen LogP contribution < -0.4 is 5.32 Å². The smallest absolute Gasteiger partial charge is 0.323 e. The van der Waals surface area contributed by atoms with E-state index < -0.39 is 5.54 Å². The van der Waals surface area contributed by atoms with E-state index in [0.29, 0.717) is 36.9 Å². The van der Waals surface area contributed by atoms with Gasteiger partial charge < -0.3 is 5.32 Å². The van der Waals surface area contributed by atoms with E-state index in [1.54, 1.807) is 24.3 Å². The number of hydrogen-bond acceptors (Lipinski definition) is 4. The first-order valence-electron chi connectivity index (χ1n) is 10.0. The lowest BCUT2D eigenvalue weighted by molar-refractivity contribution is -0.134. The average molecular weight is 383 g/mol. The van der Waals surface area contributed by atoms with Crippen molar-refractivity contribution in [2.75, 3.05) is 13.1 Å². The van der Waals surface area contributed by atoms with Gasteiger partial charge in [0.1, 0.15) is 5.54 Å². The first-order chi connectivity index (χ1) is 13.5. The standard InChI is InChI=1S/C21H25N3O4/c1-14-8-4-5-11-21(14)19(27)24(20(28)22-21)13-7-6-12-23-17(25)15-9-2-3-10-16(15)18(23)26/h2-3,9-10,14H,4-8,11-13H2,1H3,(H,22,28). The van der Waals surface area contributed by atoms with Crippen LogP contribution in [0.25, 0.3) is 0 Å². The van der Waals surface area contributed by atoms with E-state index in [2.05, 4.69) is 5.32 Å². The molecule has 1 saturated carbocycles. The van der Waals surface area contributed by atoms with Gasteiger partial charge in [-0.15, -0.1) is 0 Å². The molecule has 1 N–H and O–H groups in total. The van der Waals surface area contributed by atoms with E-state index in [0.717, 1.165) is 19.3 Å². The number of carbonyl (C=O) groups is 4. The summed E-state index contributed by atoms with van der Waals surface area (Å²) in [4.78, 5) is 52.6. The van der Waals surface area contributed by atoms with Crippen LogP contribution >= 0.6 is 0 Å². The summed E-state index contributed by atoms with van der Waals surface area (Å²) in [5.41, 5.74) is 0.141. The molecule has 28 heavy (non-hydrogen) atoms. The predicted molar refractivity (Wildman–Crippen MR) is 102 cm³/mol. The van der Waals surface area contributed by atoms with Crippen LogP contribution in [-0.2, 0) is 4.79 Å². The fourth-order valence-electron chi connectivity index (χ4n) is 4.68. The van der Waals surface area contributed by atoms with Crippen molar-refractivity contribution in [3.63, 3.8) is 0 Å². The molecule has 7 heteroatoms. The average Bonchev–Trinajstić information content (AvgIpc) is 3.08. The molecule has 4 rings (SSSR count). The Hall–Kier alpha value is -2.70. The molecule has 2 heterocycles. The summed E-state index contributed by atoms with van der Waals surface area (Å²) in [6.07, 6.45) is 4.78. The summed E-state index contributed by atoms with van der Waals surface area (Å²) in [7, 11) is 0. The summed E-state index contributed by atoms with van der Waals surface area (Å²) < 4.78 is 0. The summed E-state index contributed by atoms with van der Waals surface area (Å²) in [6, 6.07) is 6.49. The lowest BCUT2D eigenvalue weighted by atomic mass is 9.73. The van der Waals surface area contributed by atoms with Gasteiger partial charge in [-0.1, -0.05) is 31.9 Å². The molecule has 2 unspecified atom stereocenters. The Morgan fingerprint density at radius 2 is 1.57 bits per heavy atom. The Bertz CT molecular complexity index is 817. The Morgan fingerprint density at radius 3 is 2.18 bits per heavy atom. The van der Waals surface area contributed by atoms with E-state index in [1.807, 2.05) is 6.92 Å². The molecule has 2 fully saturated rings. The number of urea groups is 1. The summed E-state index contributed by atoms with van der Waals surface area (Å²) in [6.45, 7) is 2.63. The molecule has 0 radical (unpaired) electrons. The first kappa shape index (κ1) is 18.7. The Labute approximate surface area is 164 Å². The molecule has 2 atom stereocenters. The molecule has 1 aromatic carbocycles. The van der Waals surface area contributed by atoms with E-state index in [1.165, 1.54) is 9.80 Å². The normalized spacial score (nSPS) is 27.0. The molecule has 3 aliphatic rings. The third-order valence-corrected chi connectivity index (χ3v) is 6.39. The maximum atomic E-state index is 12.9. The second kappa shape index (κ2) is 7.04. The maximum Gasteiger partial charge on any atom is 0.325 e. The van der Waals surface area contributed by atoms with Gasteiger partial charge in [-0.05, 0) is 43.7 Å². The molecule has 1 spiro atoms. The van der Waals surface area contributed by atoms with Crippen molar-refractivity contribution in [2.45, 2.75) is 51.0 Å². The van der Waals surface area contributed by atoms with Crippen LogP contribution in [0.3, 0.4) is 0 Å². The van der Waals surface area contributed by atoms with Gasteiger partial charge in [0.25, 0.3) is 17.7 Å². The predicted octanol–water partition coefficient (Wildman–Crippen LogP) is 2.56. The van der Waals surface area contributed by atoms with Crippen LogP contribution in [0.1, 0.15) is 66.2 Å². The van der Waals surface area contributed by atoms with Gasteiger partial charge in [0.05, 0.1) is 11.1 Å². The monoisotopic (exact) mass is 383 g/mol. The molecule has 2 aliphatic heterocycles. The van der Waals surface area contributed by atoms with Crippen molar-refractivity contribution in [3.05, 3.63) is 35.4 Å². The molecule has 7 nitrogen and oxygen atoms in total. The minimum absolute atomic E-state index is 0.120. The van der Waals surface area contributed by atoms with Gasteiger partial charge in [-0.3, -0.25) is 24.2 Å². The fourth-order valence-corrected chi connectivity index (χ4v) is 4.68. The molecular weight excluding hydrogens is 358 g/mol. The van der Waals surface area contributed by atoms with Crippen molar-refractivity contribution in [1.29, 1.82) is 0 Å². The van der Waals surface area contributed by atoms with Crippen molar-refractivity contribution in [2.24, 2.45) is 5.92 Å². The van der Waals surface area contributed by atoms with Gasteiger partial charge >= 0.3 is 6.03 Å². The topological polar surface area (TPSA) is 86.8 Å². The largest absolute Gasteiger partial charge is 0.325 e. The zero-order valence-electron chi connectivity index (χ0n) is 16.1. The highest BCUT2D eigenvalue weighted by atomic mass is 16.2. The number of amides is 5. The molecule has 1 aliphatic carbocycles. The maximum absolute atomic E-state index is 12.9. The molecule has 1 saturated heterocycles. The van der Waals surface area contributed by atoms with Crippen LogP contribution in [0.5, 0.6) is 0 Å². The van der Waals surface area contributed by atoms with E-state index >= 15 is 0 Å². The Morgan fingerprint density at radius 1 is 0.964 bits per heavy atom. The lowest BCUT2D eigenvalue weighted by Gasteiger charge is -2.36. The molecule has 1 aromatic rings. The van der Waals surface area contributed by atoms with Crippen LogP contribution in [0.2, 0.25) is 0 Å². The number of imide groups is 2. The minimum Gasteiger partial charge on any atom is -0.323 e. The van der Waals surface area contributed by atoms with Crippen molar-refractivity contribution in [3.8, 4) is 0 Å². The number of nitrogens with one attached hydrogen (secondary N) is 1. The zero-order chi connectivity index (χ0) is 19.9. The summed E-state index contributed by atoms with van der Waals surface area (Å²) in [5, 5.41) is 2.95. The highest BCUT2D eigenvalue weighted by Crippen LogP contribution is 2.38. The quantitative estimate of drug-likeness (QED) is 0.481. The molecule has 5 amide bonds. The third kappa shape index (κ3) is 2.80. The van der Waals surface area contributed by atoms with Crippen LogP contribution in [0, 0.1) is 5.92 Å². The van der Waals surface area contributed by atoms with Gasteiger partial charge in [0.2, 0.25) is 0 Å². The van der Waals surface area contributed by atoms with Crippen molar-refractivity contribution >= 4 is 23.8 Å². The molecule has 0 bridgehead atoms. The summed E-state index contributed by atoms with van der Waals surface area (Å²) in [5.74, 6) is -0.525. The number of unbranched alkanes of at least 4 members (excludes halogenated alkanes) is 1. The second-order valence-electron chi connectivity index (χ2n) is 8.02. The highest BCUT2D eigenvalue weighted by molar-refractivity contribution is 6.21. The van der Waals surface area contributed by atoms with E-state index in [-0.39, 0.29) is 36.2 Å². The third-order valence-electron chi connectivity index (χ3n) is 6.39. The number of benzene rings is 1. The van der Waals surface area contributed by atoms with Gasteiger partial charge in [0, 0.05) is 13.1 Å². The van der Waals surface area contributed by atoms with Crippen molar-refractivity contribution < 1.29 is 19.2 Å². The first-order valence-corrected chi connectivity index (χ1v) is 10.0. The summed E-state index contributed by atoms with van der Waals surface area (Å²) >= 11 is 0. The van der Waals surface area contributed by atoms with Crippen molar-refractivity contribution in [1.82, 2.24) is 15.1 Å². The van der Waals surface area contributed by atoms with E-state index in [4.69, 9.17) is 0 Å². The van der Waals surface area contributed by atoms with Gasteiger partial charge in [-0.2, -0.15) is 0 Å². The highest BCUT2D eigenvalue weighted by Gasteiger charge is 2.54. The van der Waals surface area contributed by atoms with Crippen LogP contribution in [-0.4, -0.2) is 52.2 Å². The Balaban J connectivity index is 1.33. The van der Waals surface area contributed by atoms with Crippen LogP contribution in [0.4, 0.5) is 4.79 Å². The number of fused-ring (bicyclic) bond motifs is 1. The molecule has 148 valence electrons. The van der Waals surface area contributed by atoms with Gasteiger partial charge in [0.15, 0.2) is 0 Å². The molecule has 0 aromatic heterocycles. The van der Waals surface area contributed by atoms with Gasteiger partial charge in [-0.25, -0.2) is 4.79 Å². The van der Waals surface area contributed by atoms with E-state index in [9.17, 15) is 19.2 Å². The number of rotatable bonds is 5. The minimum atomic E-state index is -0.738. The van der Waals surface area contributed by atoms with Crippen LogP contribution in [0.15, 0.2) is 24.3 Å². The lowest BCUT2D eigenvalue weighted by Crippen LogP contribution is -2.53. The number of nitrogens with zero attached hydrogens (tertiary/aromatic N) is 2. The molecular formula is C21H25N3O4. The zero-order valence-corrected chi connectivity index (χ0v) is 16.1. The SMILES string of the molecule is CC1CCCCC12NC(=O)N(CCCCN1C(=O)c3ccccc3C1=O)C2=O. The Kier molecular flexibility index (Phi) is 4.69. The fraction of sp³-hybridized carbons (Fsp3) is 0.524.